The van der Waals surface area contributed by atoms with Crippen LogP contribution in [0.1, 0.15) is 107 Å². The van der Waals surface area contributed by atoms with Crippen LogP contribution in [-0.4, -0.2) is 50.2 Å². The fraction of sp³-hybridized carbons (Fsp3) is 0.727. The van der Waals surface area contributed by atoms with E-state index in [1.165, 1.54) is 56.9 Å². The Morgan fingerprint density at radius 3 is 2.21 bits per heavy atom. The van der Waals surface area contributed by atoms with Gasteiger partial charge in [-0.05, 0) is 61.8 Å². The van der Waals surface area contributed by atoms with Crippen LogP contribution in [0.3, 0.4) is 0 Å². The monoisotopic (exact) mass is 542 g/mol. The Balaban J connectivity index is 1.12. The summed E-state index contributed by atoms with van der Waals surface area (Å²) in [6.45, 7) is 7.56. The zero-order valence-corrected chi connectivity index (χ0v) is 24.0. The van der Waals surface area contributed by atoms with E-state index < -0.39 is 5.97 Å². The molecule has 2 saturated carbocycles. The molecular weight excluding hydrogens is 492 g/mol. The predicted molar refractivity (Wildman–Crippen MR) is 152 cm³/mol. The lowest BCUT2D eigenvalue weighted by Crippen LogP contribution is -2.34. The van der Waals surface area contributed by atoms with Crippen LogP contribution in [0.2, 0.25) is 0 Å². The van der Waals surface area contributed by atoms with Crippen LogP contribution in [0.5, 0.6) is 0 Å². The number of rotatable bonds is 13. The molecule has 1 heterocycles. The summed E-state index contributed by atoms with van der Waals surface area (Å²) in [5, 5.41) is 8.91. The number of aliphatic hydroxyl groups excluding tert-OH is 1. The molecule has 39 heavy (non-hydrogen) atoms. The normalized spacial score (nSPS) is 29.6. The number of unbranched alkanes of at least 4 members (excludes halogenated alkanes) is 2. The first-order valence-corrected chi connectivity index (χ1v) is 15.5. The Morgan fingerprint density at radius 1 is 0.897 bits per heavy atom. The molecule has 6 heteroatoms. The maximum atomic E-state index is 11.5. The third-order valence-electron chi connectivity index (χ3n) is 9.20. The van der Waals surface area contributed by atoms with Crippen LogP contribution in [0.4, 0.5) is 0 Å². The van der Waals surface area contributed by atoms with Gasteiger partial charge in [-0.2, -0.15) is 0 Å². The van der Waals surface area contributed by atoms with Gasteiger partial charge < -0.3 is 24.1 Å². The van der Waals surface area contributed by atoms with Gasteiger partial charge in [0.15, 0.2) is 6.29 Å². The molecule has 4 rings (SSSR count). The molecule has 6 nitrogen and oxygen atoms in total. The fourth-order valence-electron chi connectivity index (χ4n) is 6.62. The summed E-state index contributed by atoms with van der Waals surface area (Å²) in [7, 11) is 0. The lowest BCUT2D eigenvalue weighted by atomic mass is 9.74. The van der Waals surface area contributed by atoms with Gasteiger partial charge in [0, 0.05) is 11.5 Å². The number of aliphatic hydroxyl groups is 1. The van der Waals surface area contributed by atoms with Crippen molar-refractivity contribution in [3.05, 3.63) is 47.5 Å². The van der Waals surface area contributed by atoms with Gasteiger partial charge in [0.2, 0.25) is 0 Å². The van der Waals surface area contributed by atoms with Gasteiger partial charge in [-0.15, -0.1) is 0 Å². The van der Waals surface area contributed by atoms with Crippen LogP contribution >= 0.6 is 0 Å². The maximum absolute atomic E-state index is 11.5. The van der Waals surface area contributed by atoms with E-state index in [4.69, 9.17) is 24.1 Å². The second-order valence-electron chi connectivity index (χ2n) is 11.9. The van der Waals surface area contributed by atoms with Crippen molar-refractivity contribution < 1.29 is 28.8 Å². The standard InChI is InChI=1S/C33H50O6/c1-3-4-5-6-25-7-9-28(10-8-25)30-22-38-33(39-23-30)29-13-11-26(12-14-29)27-15-17-31(18-16-27)36-19-20-37-32(35)24(2)21-34/h11-14,25,27-28,30-31,33-34H,2-10,15-23H2,1H3. The van der Waals surface area contributed by atoms with E-state index in [9.17, 15) is 4.79 Å². The van der Waals surface area contributed by atoms with Crippen LogP contribution in [-0.2, 0) is 23.7 Å². The van der Waals surface area contributed by atoms with Crippen molar-refractivity contribution in [3.8, 4) is 0 Å². The summed E-state index contributed by atoms with van der Waals surface area (Å²) in [4.78, 5) is 11.5. The molecule has 1 aromatic rings. The second-order valence-corrected chi connectivity index (χ2v) is 11.9. The van der Waals surface area contributed by atoms with Crippen molar-refractivity contribution in [1.82, 2.24) is 0 Å². The zero-order valence-electron chi connectivity index (χ0n) is 24.0. The quantitative estimate of drug-likeness (QED) is 0.167. The maximum Gasteiger partial charge on any atom is 0.335 e. The SMILES string of the molecule is C=C(CO)C(=O)OCCOC1CCC(c2ccc(C3OCC(C4CCC(CCCCC)CC4)CO3)cc2)CC1. The molecule has 1 aliphatic heterocycles. The van der Waals surface area contributed by atoms with E-state index in [1.807, 2.05) is 0 Å². The molecule has 0 bridgehead atoms. The Hall–Kier alpha value is -1.73. The van der Waals surface area contributed by atoms with Crippen LogP contribution < -0.4 is 0 Å². The van der Waals surface area contributed by atoms with Gasteiger partial charge in [0.05, 0.1) is 38.1 Å². The average Bonchev–Trinajstić information content (AvgIpc) is 3.00. The molecule has 218 valence electrons. The van der Waals surface area contributed by atoms with E-state index in [1.54, 1.807) is 0 Å². The minimum atomic E-state index is -0.562. The highest BCUT2D eigenvalue weighted by Crippen LogP contribution is 2.39. The molecule has 0 unspecified atom stereocenters. The fourth-order valence-corrected chi connectivity index (χ4v) is 6.62. The van der Waals surface area contributed by atoms with E-state index in [0.29, 0.717) is 18.4 Å². The van der Waals surface area contributed by atoms with Crippen molar-refractivity contribution in [3.63, 3.8) is 0 Å². The van der Waals surface area contributed by atoms with Crippen molar-refractivity contribution in [2.75, 3.05) is 33.0 Å². The summed E-state index contributed by atoms with van der Waals surface area (Å²) in [6.07, 6.45) is 15.1. The van der Waals surface area contributed by atoms with Gasteiger partial charge >= 0.3 is 5.97 Å². The summed E-state index contributed by atoms with van der Waals surface area (Å²) in [5.74, 6) is 2.23. The number of esters is 1. The lowest BCUT2D eigenvalue weighted by molar-refractivity contribution is -0.214. The highest BCUT2D eigenvalue weighted by Gasteiger charge is 2.32. The van der Waals surface area contributed by atoms with E-state index in [0.717, 1.165) is 56.3 Å². The van der Waals surface area contributed by atoms with Crippen LogP contribution in [0, 0.1) is 17.8 Å². The summed E-state index contributed by atoms with van der Waals surface area (Å²) < 4.78 is 23.4. The first-order chi connectivity index (χ1) is 19.1. The van der Waals surface area contributed by atoms with Crippen molar-refractivity contribution in [1.29, 1.82) is 0 Å². The molecule has 3 fully saturated rings. The second kappa shape index (κ2) is 15.9. The van der Waals surface area contributed by atoms with Crippen molar-refractivity contribution in [2.45, 2.75) is 102 Å². The van der Waals surface area contributed by atoms with Gasteiger partial charge in [-0.3, -0.25) is 0 Å². The lowest BCUT2D eigenvalue weighted by Gasteiger charge is -2.38. The number of carbonyl (C=O) groups excluding carboxylic acids is 1. The molecule has 0 amide bonds. The Labute approximate surface area is 235 Å². The van der Waals surface area contributed by atoms with E-state index >= 15 is 0 Å². The highest BCUT2D eigenvalue weighted by molar-refractivity contribution is 5.87. The molecule has 0 aromatic heterocycles. The molecular formula is C33H50O6. The third kappa shape index (κ3) is 9.14. The minimum Gasteiger partial charge on any atom is -0.460 e. The molecule has 2 aliphatic carbocycles. The molecule has 0 spiro atoms. The number of hydrogen-bond donors (Lipinski definition) is 1. The first-order valence-electron chi connectivity index (χ1n) is 15.5. The van der Waals surface area contributed by atoms with Gasteiger partial charge in [0.25, 0.3) is 0 Å². The summed E-state index contributed by atoms with van der Waals surface area (Å²) in [5.41, 5.74) is 2.56. The van der Waals surface area contributed by atoms with E-state index in [-0.39, 0.29) is 31.2 Å². The van der Waals surface area contributed by atoms with Gasteiger partial charge in [-0.25, -0.2) is 4.79 Å². The molecule has 3 aliphatic rings. The molecule has 0 atom stereocenters. The van der Waals surface area contributed by atoms with Gasteiger partial charge in [-0.1, -0.05) is 76.3 Å². The zero-order chi connectivity index (χ0) is 27.5. The topological polar surface area (TPSA) is 74.2 Å². The van der Waals surface area contributed by atoms with Gasteiger partial charge in [0.1, 0.15) is 6.61 Å². The first kappa shape index (κ1) is 30.2. The molecule has 1 saturated heterocycles. The number of carbonyl (C=O) groups is 1. The third-order valence-corrected chi connectivity index (χ3v) is 9.20. The van der Waals surface area contributed by atoms with Crippen molar-refractivity contribution >= 4 is 5.97 Å². The average molecular weight is 543 g/mol. The Morgan fingerprint density at radius 2 is 1.56 bits per heavy atom. The number of benzene rings is 1. The van der Waals surface area contributed by atoms with Crippen LogP contribution in [0.15, 0.2) is 36.4 Å². The van der Waals surface area contributed by atoms with Crippen molar-refractivity contribution in [2.24, 2.45) is 17.8 Å². The molecule has 1 aromatic carbocycles. The predicted octanol–water partition coefficient (Wildman–Crippen LogP) is 6.87. The minimum absolute atomic E-state index is 0.0675. The number of ether oxygens (including phenoxy) is 4. The summed E-state index contributed by atoms with van der Waals surface area (Å²) >= 11 is 0. The summed E-state index contributed by atoms with van der Waals surface area (Å²) in [6, 6.07) is 8.85. The van der Waals surface area contributed by atoms with E-state index in [2.05, 4.69) is 37.8 Å². The largest absolute Gasteiger partial charge is 0.460 e. The smallest absolute Gasteiger partial charge is 0.335 e. The molecule has 1 N–H and O–H groups in total. The molecule has 0 radical (unpaired) electrons. The Bertz CT molecular complexity index is 859. The Kier molecular flexibility index (Phi) is 12.3. The highest BCUT2D eigenvalue weighted by atomic mass is 16.7. The number of hydrogen-bond acceptors (Lipinski definition) is 6. The van der Waals surface area contributed by atoms with Crippen LogP contribution in [0.25, 0.3) is 0 Å².